The predicted molar refractivity (Wildman–Crippen MR) is 134 cm³/mol. The Balaban J connectivity index is 1.79. The van der Waals surface area contributed by atoms with Crippen molar-refractivity contribution in [3.05, 3.63) is 52.8 Å². The Bertz CT molecular complexity index is 1150. The summed E-state index contributed by atoms with van der Waals surface area (Å²) in [4.78, 5) is 4.75. The molecule has 176 valence electrons. The lowest BCUT2D eigenvalue weighted by Crippen LogP contribution is -2.42. The highest BCUT2D eigenvalue weighted by molar-refractivity contribution is 7.71. The molecule has 0 bridgehead atoms. The Kier molecular flexibility index (Phi) is 7.17. The topological polar surface area (TPSA) is 47.7 Å². The first-order valence-corrected chi connectivity index (χ1v) is 11.7. The van der Waals surface area contributed by atoms with Crippen LogP contribution in [0, 0.1) is 11.7 Å². The van der Waals surface area contributed by atoms with E-state index in [1.807, 2.05) is 27.4 Å². The Hall–Kier alpha value is -2.68. The van der Waals surface area contributed by atoms with Gasteiger partial charge in [-0.15, -0.1) is 5.10 Å². The van der Waals surface area contributed by atoms with Gasteiger partial charge in [0.15, 0.2) is 5.82 Å². The summed E-state index contributed by atoms with van der Waals surface area (Å²) >= 11 is 5.98. The van der Waals surface area contributed by atoms with E-state index in [-0.39, 0.29) is 0 Å². The van der Waals surface area contributed by atoms with Gasteiger partial charge in [-0.2, -0.15) is 0 Å². The van der Waals surface area contributed by atoms with Crippen molar-refractivity contribution in [3.8, 4) is 28.6 Å². The summed E-state index contributed by atoms with van der Waals surface area (Å²) in [5, 5.41) is 4.99. The van der Waals surface area contributed by atoms with Gasteiger partial charge in [-0.05, 0) is 71.3 Å². The van der Waals surface area contributed by atoms with Gasteiger partial charge >= 0.3 is 0 Å². The molecule has 3 aromatic rings. The van der Waals surface area contributed by atoms with Gasteiger partial charge in [-0.3, -0.25) is 9.47 Å². The number of hydrogen-bond acceptors (Lipinski definition) is 6. The quantitative estimate of drug-likeness (QED) is 0.481. The third kappa shape index (κ3) is 4.98. The zero-order valence-corrected chi connectivity index (χ0v) is 20.9. The fraction of sp³-hybridized carbons (Fsp3) is 0.440. The maximum absolute atomic E-state index is 5.98. The molecule has 0 unspecified atom stereocenters. The van der Waals surface area contributed by atoms with E-state index in [1.54, 1.807) is 14.2 Å². The zero-order chi connectivity index (χ0) is 23.5. The third-order valence-electron chi connectivity index (χ3n) is 6.44. The average molecular weight is 468 g/mol. The van der Waals surface area contributed by atoms with E-state index in [2.05, 4.69) is 55.1 Å². The number of methoxy groups -OCH3 is 2. The Morgan fingerprint density at radius 2 is 1.76 bits per heavy atom. The third-order valence-corrected chi connectivity index (χ3v) is 6.84. The van der Waals surface area contributed by atoms with Crippen LogP contribution >= 0.6 is 12.2 Å². The van der Waals surface area contributed by atoms with E-state index < -0.39 is 0 Å². The van der Waals surface area contributed by atoms with Gasteiger partial charge in [0.05, 0.1) is 26.6 Å². The number of nitrogens with zero attached hydrogens (tertiary/aromatic N) is 5. The first kappa shape index (κ1) is 23.5. The normalized spacial score (nSPS) is 15.2. The monoisotopic (exact) mass is 467 g/mol. The van der Waals surface area contributed by atoms with Crippen LogP contribution in [0.1, 0.15) is 18.4 Å². The number of ether oxygens (including phenoxy) is 2. The van der Waals surface area contributed by atoms with Crippen LogP contribution in [-0.2, 0) is 6.67 Å². The van der Waals surface area contributed by atoms with E-state index >= 15 is 0 Å². The number of aromatic nitrogens is 3. The molecule has 1 fully saturated rings. The molecule has 1 saturated heterocycles. The minimum atomic E-state index is 0.516. The van der Waals surface area contributed by atoms with Gasteiger partial charge in [0.1, 0.15) is 11.5 Å². The summed E-state index contributed by atoms with van der Waals surface area (Å²) in [7, 11) is 7.67. The summed E-state index contributed by atoms with van der Waals surface area (Å²) in [6.07, 6.45) is 2.30. The van der Waals surface area contributed by atoms with Crippen molar-refractivity contribution in [2.45, 2.75) is 32.5 Å². The molecule has 1 aliphatic heterocycles. The number of hydrogen-bond donors (Lipinski definition) is 0. The summed E-state index contributed by atoms with van der Waals surface area (Å²) in [5.41, 5.74) is 3.01. The molecule has 0 amide bonds. The molecule has 0 N–H and O–H groups in total. The molecule has 0 spiro atoms. The Morgan fingerprint density at radius 1 is 1.06 bits per heavy atom. The van der Waals surface area contributed by atoms with Crippen LogP contribution in [0.2, 0.25) is 0 Å². The van der Waals surface area contributed by atoms with E-state index in [0.717, 1.165) is 48.8 Å². The van der Waals surface area contributed by atoms with Gasteiger partial charge in [-0.25, -0.2) is 4.68 Å². The summed E-state index contributed by atoms with van der Waals surface area (Å²) in [6, 6.07) is 14.6. The summed E-state index contributed by atoms with van der Waals surface area (Å²) in [6.45, 7) is 4.94. The molecule has 0 aliphatic carbocycles. The first-order chi connectivity index (χ1) is 15.9. The molecular weight excluding hydrogens is 434 g/mol. The van der Waals surface area contributed by atoms with E-state index in [4.69, 9.17) is 26.8 Å². The van der Waals surface area contributed by atoms with Crippen LogP contribution < -0.4 is 9.47 Å². The number of likely N-dealkylation sites (tertiary alicyclic amines) is 1. The second-order valence-electron chi connectivity index (χ2n) is 8.78. The fourth-order valence-electron chi connectivity index (χ4n) is 4.34. The van der Waals surface area contributed by atoms with Crippen molar-refractivity contribution in [2.24, 2.45) is 0 Å². The van der Waals surface area contributed by atoms with Crippen molar-refractivity contribution in [2.75, 3.05) is 41.4 Å². The number of piperidine rings is 1. The fourth-order valence-corrected chi connectivity index (χ4v) is 4.62. The number of aryl methyl sites for hydroxylation is 1. The van der Waals surface area contributed by atoms with Gasteiger partial charge in [0, 0.05) is 17.7 Å². The first-order valence-electron chi connectivity index (χ1n) is 11.3. The molecule has 0 radical (unpaired) electrons. The Labute approximate surface area is 201 Å². The van der Waals surface area contributed by atoms with E-state index in [9.17, 15) is 0 Å². The van der Waals surface area contributed by atoms with E-state index in [0.29, 0.717) is 23.2 Å². The van der Waals surface area contributed by atoms with Crippen LogP contribution in [0.5, 0.6) is 11.5 Å². The molecule has 2 heterocycles. The Morgan fingerprint density at radius 3 is 2.39 bits per heavy atom. The lowest BCUT2D eigenvalue weighted by Gasteiger charge is -2.34. The molecule has 0 saturated carbocycles. The molecule has 0 atom stereocenters. The lowest BCUT2D eigenvalue weighted by atomic mass is 10.0. The highest BCUT2D eigenvalue weighted by Gasteiger charge is 2.23. The smallest absolute Gasteiger partial charge is 0.204 e. The molecule has 4 rings (SSSR count). The molecule has 8 heteroatoms. The van der Waals surface area contributed by atoms with Gasteiger partial charge in [-0.1, -0.05) is 29.8 Å². The minimum Gasteiger partial charge on any atom is -0.497 e. The zero-order valence-electron chi connectivity index (χ0n) is 20.1. The second-order valence-corrected chi connectivity index (χ2v) is 9.14. The number of rotatable bonds is 7. The standard InChI is InChI=1S/C25H33N5O2S/c1-18-6-8-19(9-7-18)24-26-29(17-28(3)20-12-14-27(2)15-13-20)25(33)30(24)22-16-21(31-4)10-11-23(22)32-5/h6-11,16,20H,12-15,17H2,1-5H3. The molecule has 2 aromatic carbocycles. The SMILES string of the molecule is COc1ccc(OC)c(-n2c(-c3ccc(C)cc3)nn(CN(C)C3CCN(C)CC3)c2=S)c1. The second kappa shape index (κ2) is 10.1. The minimum absolute atomic E-state index is 0.516. The van der Waals surface area contributed by atoms with Crippen LogP contribution in [0.25, 0.3) is 17.1 Å². The van der Waals surface area contributed by atoms with Gasteiger partial charge in [0.25, 0.3) is 0 Å². The largest absolute Gasteiger partial charge is 0.497 e. The maximum Gasteiger partial charge on any atom is 0.204 e. The molecular formula is C25H33N5O2S. The molecule has 1 aromatic heterocycles. The molecule has 33 heavy (non-hydrogen) atoms. The summed E-state index contributed by atoms with van der Waals surface area (Å²) < 4.78 is 15.7. The van der Waals surface area contributed by atoms with Gasteiger partial charge < -0.3 is 14.4 Å². The van der Waals surface area contributed by atoms with E-state index in [1.165, 1.54) is 5.56 Å². The van der Waals surface area contributed by atoms with Crippen molar-refractivity contribution in [1.29, 1.82) is 0 Å². The molecule has 1 aliphatic rings. The highest BCUT2D eigenvalue weighted by atomic mass is 32.1. The number of benzene rings is 2. The maximum atomic E-state index is 5.98. The van der Waals surface area contributed by atoms with Crippen molar-refractivity contribution >= 4 is 12.2 Å². The highest BCUT2D eigenvalue weighted by Crippen LogP contribution is 2.32. The summed E-state index contributed by atoms with van der Waals surface area (Å²) in [5.74, 6) is 2.23. The average Bonchev–Trinajstić information content (AvgIpc) is 3.15. The van der Waals surface area contributed by atoms with Crippen molar-refractivity contribution in [3.63, 3.8) is 0 Å². The van der Waals surface area contributed by atoms with Crippen LogP contribution in [0.3, 0.4) is 0 Å². The van der Waals surface area contributed by atoms with Gasteiger partial charge in [0.2, 0.25) is 4.77 Å². The lowest BCUT2D eigenvalue weighted by molar-refractivity contribution is 0.113. The predicted octanol–water partition coefficient (Wildman–Crippen LogP) is 4.38. The molecule has 7 nitrogen and oxygen atoms in total. The van der Waals surface area contributed by atoms with Crippen molar-refractivity contribution < 1.29 is 9.47 Å². The van der Waals surface area contributed by atoms with Crippen molar-refractivity contribution in [1.82, 2.24) is 24.1 Å². The van der Waals surface area contributed by atoms with Crippen LogP contribution in [0.15, 0.2) is 42.5 Å². The van der Waals surface area contributed by atoms with Crippen LogP contribution in [-0.4, -0.2) is 71.6 Å². The van der Waals surface area contributed by atoms with Crippen LogP contribution in [0.4, 0.5) is 0 Å².